The summed E-state index contributed by atoms with van der Waals surface area (Å²) in [6, 6.07) is 0. The van der Waals surface area contributed by atoms with E-state index in [4.69, 9.17) is 5.11 Å². The molecule has 3 N–H and O–H groups in total. The van der Waals surface area contributed by atoms with E-state index < -0.39 is 18.2 Å². The van der Waals surface area contributed by atoms with Crippen LogP contribution in [-0.2, 0) is 4.79 Å². The molecule has 4 heteroatoms. The van der Waals surface area contributed by atoms with Crippen molar-refractivity contribution in [3.8, 4) is 0 Å². The number of hydrogen-bond acceptors (Lipinski definition) is 3. The van der Waals surface area contributed by atoms with Gasteiger partial charge in [-0.1, -0.05) is 71.1 Å². The summed E-state index contributed by atoms with van der Waals surface area (Å²) in [6.07, 6.45) is 12.4. The second-order valence-corrected chi connectivity index (χ2v) is 6.39. The van der Waals surface area contributed by atoms with Crippen molar-refractivity contribution in [2.75, 3.05) is 0 Å². The standard InChI is InChI=1S/C18H36O4/c1-2-3-10-13-16(19)17(20)14-11-8-6-4-5-7-9-12-15-18(21)22/h16-17,19-20H,2-15H2,1H3,(H,21,22)/i21+2,22+2. The zero-order valence-corrected chi connectivity index (χ0v) is 14.3. The molecule has 0 aromatic carbocycles. The highest BCUT2D eigenvalue weighted by Crippen LogP contribution is 2.14. The van der Waals surface area contributed by atoms with Crippen LogP contribution in [0.4, 0.5) is 0 Å². The van der Waals surface area contributed by atoms with Crippen LogP contribution in [0.1, 0.15) is 96.8 Å². The van der Waals surface area contributed by atoms with Crippen LogP contribution >= 0.6 is 0 Å². The molecule has 0 aliphatic rings. The van der Waals surface area contributed by atoms with Gasteiger partial charge in [0.2, 0.25) is 0 Å². The molecule has 0 fully saturated rings. The number of carboxylic acids is 1. The molecule has 0 aromatic rings. The largest absolute Gasteiger partial charge is 0.481 e. The summed E-state index contributed by atoms with van der Waals surface area (Å²) in [6.45, 7) is 2.13. The van der Waals surface area contributed by atoms with E-state index in [0.717, 1.165) is 57.8 Å². The maximum atomic E-state index is 10.3. The summed E-state index contributed by atoms with van der Waals surface area (Å²) in [7, 11) is 0. The Hall–Kier alpha value is -0.610. The van der Waals surface area contributed by atoms with Gasteiger partial charge in [0.1, 0.15) is 0 Å². The van der Waals surface area contributed by atoms with Crippen LogP contribution in [0.2, 0.25) is 0 Å². The Morgan fingerprint density at radius 1 is 0.773 bits per heavy atom. The highest BCUT2D eigenvalue weighted by atomic mass is 18.2. The van der Waals surface area contributed by atoms with Gasteiger partial charge in [0.05, 0.1) is 12.2 Å². The van der Waals surface area contributed by atoms with E-state index in [9.17, 15) is 15.0 Å². The van der Waals surface area contributed by atoms with Crippen molar-refractivity contribution in [2.45, 2.75) is 109 Å². The molecule has 0 aliphatic carbocycles. The lowest BCUT2D eigenvalue weighted by molar-refractivity contribution is -0.137. The van der Waals surface area contributed by atoms with Crippen molar-refractivity contribution in [1.82, 2.24) is 0 Å². The Bertz CT molecular complexity index is 255. The topological polar surface area (TPSA) is 77.8 Å². The fraction of sp³-hybridized carbons (Fsp3) is 0.944. The number of aliphatic hydroxyl groups excluding tert-OH is 2. The molecule has 0 rings (SSSR count). The van der Waals surface area contributed by atoms with Crippen LogP contribution in [0.3, 0.4) is 0 Å². The predicted molar refractivity (Wildman–Crippen MR) is 90.0 cm³/mol. The zero-order valence-electron chi connectivity index (χ0n) is 14.3. The lowest BCUT2D eigenvalue weighted by Crippen LogP contribution is -2.25. The normalized spacial score (nSPS) is 14.0. The molecule has 22 heavy (non-hydrogen) atoms. The number of carboxylic acid groups (broad SMARTS) is 1. The van der Waals surface area contributed by atoms with E-state index in [1.54, 1.807) is 0 Å². The fourth-order valence-corrected chi connectivity index (χ4v) is 2.68. The van der Waals surface area contributed by atoms with Crippen LogP contribution in [0.25, 0.3) is 0 Å². The van der Waals surface area contributed by atoms with Gasteiger partial charge >= 0.3 is 5.97 Å². The van der Waals surface area contributed by atoms with E-state index in [-0.39, 0.29) is 0 Å². The summed E-state index contributed by atoms with van der Waals surface area (Å²) in [5.41, 5.74) is 0. The second-order valence-electron chi connectivity index (χ2n) is 6.39. The molecule has 0 aliphatic heterocycles. The number of rotatable bonds is 16. The van der Waals surface area contributed by atoms with Gasteiger partial charge in [0.15, 0.2) is 0 Å². The minimum atomic E-state index is -0.699. The monoisotopic (exact) mass is 320 g/mol. The smallest absolute Gasteiger partial charge is 0.303 e. The number of aliphatic carboxylic acids is 1. The first-order valence-electron chi connectivity index (χ1n) is 9.15. The van der Waals surface area contributed by atoms with Gasteiger partial charge in [-0.05, 0) is 19.3 Å². The van der Waals surface area contributed by atoms with Crippen molar-refractivity contribution in [2.24, 2.45) is 0 Å². The number of carbonyl (C=O) groups is 1. The third kappa shape index (κ3) is 14.3. The van der Waals surface area contributed by atoms with Gasteiger partial charge in [0, 0.05) is 6.42 Å². The molecule has 0 amide bonds. The first kappa shape index (κ1) is 21.4. The number of unbranched alkanes of at least 4 members (excludes halogenated alkanes) is 9. The van der Waals surface area contributed by atoms with Crippen molar-refractivity contribution < 1.29 is 20.1 Å². The summed E-state index contributed by atoms with van der Waals surface area (Å²) in [5, 5.41) is 28.2. The Morgan fingerprint density at radius 3 is 1.64 bits per heavy atom. The number of aliphatic hydroxyl groups is 2. The average Bonchev–Trinajstić information content (AvgIpc) is 2.48. The molecule has 0 radical (unpaired) electrons. The molecule has 0 heterocycles. The second kappa shape index (κ2) is 15.3. The van der Waals surface area contributed by atoms with Gasteiger partial charge in [-0.2, -0.15) is 0 Å². The molecule has 0 saturated carbocycles. The summed E-state index contributed by atoms with van der Waals surface area (Å²) >= 11 is 0. The lowest BCUT2D eigenvalue weighted by Gasteiger charge is -2.17. The zero-order chi connectivity index (χ0) is 16.6. The minimum Gasteiger partial charge on any atom is -0.481 e. The van der Waals surface area contributed by atoms with Crippen LogP contribution in [0.15, 0.2) is 0 Å². The molecule has 0 aromatic heterocycles. The Balaban J connectivity index is 3.29. The highest BCUT2D eigenvalue weighted by Gasteiger charge is 2.14. The molecule has 2 atom stereocenters. The maximum absolute atomic E-state index is 10.3. The Morgan fingerprint density at radius 2 is 1.18 bits per heavy atom. The van der Waals surface area contributed by atoms with E-state index in [1.165, 1.54) is 12.8 Å². The van der Waals surface area contributed by atoms with E-state index in [0.29, 0.717) is 19.3 Å². The summed E-state index contributed by atoms with van der Waals surface area (Å²) in [5.74, 6) is -0.699. The van der Waals surface area contributed by atoms with Crippen LogP contribution in [-0.4, -0.2) is 33.5 Å². The van der Waals surface area contributed by atoms with Crippen molar-refractivity contribution >= 4 is 5.97 Å². The third-order valence-electron chi connectivity index (χ3n) is 4.19. The summed E-state index contributed by atoms with van der Waals surface area (Å²) < 4.78 is 0. The predicted octanol–water partition coefficient (Wildman–Crippen LogP) is 4.27. The molecular formula is C18H36O4. The molecule has 2 unspecified atom stereocenters. The first-order valence-corrected chi connectivity index (χ1v) is 9.15. The number of hydrogen-bond donors (Lipinski definition) is 3. The van der Waals surface area contributed by atoms with E-state index >= 15 is 0 Å². The molecule has 4 nitrogen and oxygen atoms in total. The minimum absolute atomic E-state index is 0.290. The van der Waals surface area contributed by atoms with Gasteiger partial charge in [-0.25, -0.2) is 0 Å². The SMILES string of the molecule is CCCCCC(O)C(O)CCCCCCCCCCC(=[18O])[18OH]. The molecule has 0 saturated heterocycles. The fourth-order valence-electron chi connectivity index (χ4n) is 2.68. The molecular weight excluding hydrogens is 284 g/mol. The van der Waals surface area contributed by atoms with Crippen LogP contribution < -0.4 is 0 Å². The van der Waals surface area contributed by atoms with Crippen molar-refractivity contribution in [3.63, 3.8) is 0 Å². The first-order chi connectivity index (χ1) is 10.6. The maximum Gasteiger partial charge on any atom is 0.303 e. The van der Waals surface area contributed by atoms with Gasteiger partial charge in [0.25, 0.3) is 0 Å². The van der Waals surface area contributed by atoms with Crippen LogP contribution in [0, 0.1) is 0 Å². The van der Waals surface area contributed by atoms with Crippen molar-refractivity contribution in [3.05, 3.63) is 0 Å². The molecule has 0 spiro atoms. The van der Waals surface area contributed by atoms with Crippen LogP contribution in [0.5, 0.6) is 0 Å². The molecule has 132 valence electrons. The average molecular weight is 320 g/mol. The van der Waals surface area contributed by atoms with Gasteiger partial charge < -0.3 is 15.3 Å². The van der Waals surface area contributed by atoms with Gasteiger partial charge in [-0.3, -0.25) is 4.79 Å². The highest BCUT2D eigenvalue weighted by molar-refractivity contribution is 5.66. The van der Waals surface area contributed by atoms with Gasteiger partial charge in [-0.15, -0.1) is 0 Å². The third-order valence-corrected chi connectivity index (χ3v) is 4.19. The summed E-state index contributed by atoms with van der Waals surface area (Å²) in [4.78, 5) is 10.3. The molecule has 0 bridgehead atoms. The quantitative estimate of drug-likeness (QED) is 0.293. The lowest BCUT2D eigenvalue weighted by atomic mass is 10.00. The Kier molecular flexibility index (Phi) is 14.9. The Labute approximate surface area is 135 Å². The van der Waals surface area contributed by atoms with E-state index in [2.05, 4.69) is 6.92 Å². The van der Waals surface area contributed by atoms with E-state index in [1.807, 2.05) is 0 Å². The van der Waals surface area contributed by atoms with Crippen molar-refractivity contribution in [1.29, 1.82) is 0 Å².